The molecule has 0 bridgehead atoms. The van der Waals surface area contributed by atoms with Crippen molar-refractivity contribution in [3.05, 3.63) is 52.5 Å². The van der Waals surface area contributed by atoms with Crippen molar-refractivity contribution in [2.45, 2.75) is 38.7 Å². The van der Waals surface area contributed by atoms with Gasteiger partial charge in [0.15, 0.2) is 5.11 Å². The van der Waals surface area contributed by atoms with Crippen LogP contribution in [0.1, 0.15) is 43.0 Å². The van der Waals surface area contributed by atoms with Crippen LogP contribution in [-0.2, 0) is 4.74 Å². The summed E-state index contributed by atoms with van der Waals surface area (Å²) in [6.07, 6.45) is 4.18. The Kier molecular flexibility index (Phi) is 9.12. The number of nitrogens with one attached hydrogen (secondary N) is 2. The summed E-state index contributed by atoms with van der Waals surface area (Å²) in [7, 11) is 0. The minimum atomic E-state index is -0.337. The molecule has 0 aliphatic carbocycles. The SMILES string of the molecule is CCCCOc1ccc(Br)cc1C(=O)NC(=S)Nc1cccc(OCC2CCCO2)c1. The first-order valence-electron chi connectivity index (χ1n) is 10.4. The van der Waals surface area contributed by atoms with Crippen molar-refractivity contribution in [3.63, 3.8) is 0 Å². The monoisotopic (exact) mass is 506 g/mol. The molecule has 2 aromatic carbocycles. The first-order chi connectivity index (χ1) is 15.0. The summed E-state index contributed by atoms with van der Waals surface area (Å²) >= 11 is 8.74. The zero-order valence-corrected chi connectivity index (χ0v) is 19.9. The predicted molar refractivity (Wildman–Crippen MR) is 129 cm³/mol. The third-order valence-corrected chi connectivity index (χ3v) is 5.42. The van der Waals surface area contributed by atoms with Crippen LogP contribution in [0.5, 0.6) is 11.5 Å². The van der Waals surface area contributed by atoms with Crippen LogP contribution in [0.3, 0.4) is 0 Å². The summed E-state index contributed by atoms with van der Waals surface area (Å²) in [4.78, 5) is 12.8. The molecule has 6 nitrogen and oxygen atoms in total. The molecule has 0 saturated carbocycles. The van der Waals surface area contributed by atoms with Crippen LogP contribution < -0.4 is 20.1 Å². The van der Waals surface area contributed by atoms with Gasteiger partial charge in [-0.1, -0.05) is 35.3 Å². The van der Waals surface area contributed by atoms with E-state index in [0.29, 0.717) is 30.3 Å². The number of halogens is 1. The molecule has 1 aliphatic rings. The number of carbonyl (C=O) groups is 1. The highest BCUT2D eigenvalue weighted by molar-refractivity contribution is 9.10. The van der Waals surface area contributed by atoms with Gasteiger partial charge in [0.25, 0.3) is 5.91 Å². The minimum absolute atomic E-state index is 0.149. The highest BCUT2D eigenvalue weighted by Gasteiger charge is 2.17. The third-order valence-electron chi connectivity index (χ3n) is 4.72. The van der Waals surface area contributed by atoms with Crippen LogP contribution >= 0.6 is 28.1 Å². The zero-order valence-electron chi connectivity index (χ0n) is 17.5. The normalized spacial score (nSPS) is 15.4. The molecule has 1 fully saturated rings. The number of rotatable bonds is 9. The maximum absolute atomic E-state index is 12.8. The van der Waals surface area contributed by atoms with E-state index < -0.39 is 0 Å². The Bertz CT molecular complexity index is 903. The number of hydrogen-bond donors (Lipinski definition) is 2. The fraction of sp³-hybridized carbons (Fsp3) is 0.391. The number of ether oxygens (including phenoxy) is 3. The summed E-state index contributed by atoms with van der Waals surface area (Å²) in [6, 6.07) is 12.8. The largest absolute Gasteiger partial charge is 0.493 e. The van der Waals surface area contributed by atoms with E-state index in [2.05, 4.69) is 33.5 Å². The molecule has 2 aromatic rings. The maximum Gasteiger partial charge on any atom is 0.261 e. The van der Waals surface area contributed by atoms with Gasteiger partial charge >= 0.3 is 0 Å². The Morgan fingerprint density at radius 3 is 2.90 bits per heavy atom. The fourth-order valence-electron chi connectivity index (χ4n) is 3.09. The molecule has 166 valence electrons. The molecule has 1 aliphatic heterocycles. The average Bonchev–Trinajstić information content (AvgIpc) is 3.27. The second kappa shape index (κ2) is 12.0. The van der Waals surface area contributed by atoms with Crippen LogP contribution in [0.2, 0.25) is 0 Å². The van der Waals surface area contributed by atoms with Gasteiger partial charge < -0.3 is 19.5 Å². The van der Waals surface area contributed by atoms with E-state index in [9.17, 15) is 4.79 Å². The highest BCUT2D eigenvalue weighted by atomic mass is 79.9. The lowest BCUT2D eigenvalue weighted by atomic mass is 10.2. The van der Waals surface area contributed by atoms with Gasteiger partial charge in [0.05, 0.1) is 18.3 Å². The lowest BCUT2D eigenvalue weighted by molar-refractivity contribution is 0.0680. The molecule has 1 atom stereocenters. The van der Waals surface area contributed by atoms with Gasteiger partial charge in [0.1, 0.15) is 18.1 Å². The number of amides is 1. The molecular weight excluding hydrogens is 480 g/mol. The van der Waals surface area contributed by atoms with Crippen molar-refractivity contribution in [1.29, 1.82) is 0 Å². The van der Waals surface area contributed by atoms with Gasteiger partial charge in [-0.05, 0) is 61.8 Å². The molecule has 8 heteroatoms. The van der Waals surface area contributed by atoms with E-state index in [4.69, 9.17) is 26.4 Å². The number of anilines is 1. The Labute approximate surface area is 196 Å². The molecule has 0 aromatic heterocycles. The Hall–Kier alpha value is -2.16. The van der Waals surface area contributed by atoms with Crippen molar-refractivity contribution < 1.29 is 19.0 Å². The standard InChI is InChI=1S/C23H27BrN2O4S/c1-2-3-11-29-21-10-9-16(24)13-20(21)22(27)26-23(31)25-17-6-4-7-18(14-17)30-15-19-8-5-12-28-19/h4,6-7,9-10,13-14,19H,2-3,5,8,11-12,15H2,1H3,(H2,25,26,27,31). The summed E-state index contributed by atoms with van der Waals surface area (Å²) < 4.78 is 18.0. The quantitative estimate of drug-likeness (QED) is 0.354. The second-order valence-corrected chi connectivity index (χ2v) is 8.55. The number of thiocarbonyl (C=S) groups is 1. The van der Waals surface area contributed by atoms with Gasteiger partial charge in [-0.3, -0.25) is 10.1 Å². The Morgan fingerprint density at radius 2 is 2.13 bits per heavy atom. The summed E-state index contributed by atoms with van der Waals surface area (Å²) in [5.74, 6) is 0.908. The molecule has 2 N–H and O–H groups in total. The van der Waals surface area contributed by atoms with E-state index in [-0.39, 0.29) is 17.1 Å². The molecule has 31 heavy (non-hydrogen) atoms. The molecule has 3 rings (SSSR count). The number of carbonyl (C=O) groups excluding carboxylic acids is 1. The van der Waals surface area contributed by atoms with Gasteiger partial charge in [0, 0.05) is 22.8 Å². The second-order valence-electron chi connectivity index (χ2n) is 7.22. The molecule has 1 amide bonds. The summed E-state index contributed by atoms with van der Waals surface area (Å²) in [5.41, 5.74) is 1.15. The molecule has 0 radical (unpaired) electrons. The van der Waals surface area contributed by atoms with Gasteiger partial charge in [-0.2, -0.15) is 0 Å². The van der Waals surface area contributed by atoms with Crippen LogP contribution in [-0.4, -0.2) is 36.9 Å². The van der Waals surface area contributed by atoms with Crippen LogP contribution in [0.4, 0.5) is 5.69 Å². The molecular formula is C23H27BrN2O4S. The first kappa shape index (κ1) is 23.5. The minimum Gasteiger partial charge on any atom is -0.493 e. The molecule has 1 heterocycles. The van der Waals surface area contributed by atoms with Crippen LogP contribution in [0.15, 0.2) is 46.9 Å². The molecule has 1 unspecified atom stereocenters. The van der Waals surface area contributed by atoms with Gasteiger partial charge in [-0.25, -0.2) is 0 Å². The molecule has 1 saturated heterocycles. The van der Waals surface area contributed by atoms with Gasteiger partial charge in [0.2, 0.25) is 0 Å². The Balaban J connectivity index is 1.57. The van der Waals surface area contributed by atoms with Crippen molar-refractivity contribution >= 4 is 44.9 Å². The third kappa shape index (κ3) is 7.48. The Morgan fingerprint density at radius 1 is 1.26 bits per heavy atom. The van der Waals surface area contributed by atoms with E-state index in [1.165, 1.54) is 0 Å². The number of unbranched alkanes of at least 4 members (excludes halogenated alkanes) is 1. The average molecular weight is 507 g/mol. The number of benzene rings is 2. The summed E-state index contributed by atoms with van der Waals surface area (Å²) in [5, 5.41) is 5.95. The van der Waals surface area contributed by atoms with Crippen molar-refractivity contribution in [2.75, 3.05) is 25.1 Å². The maximum atomic E-state index is 12.8. The topological polar surface area (TPSA) is 68.8 Å². The van der Waals surface area contributed by atoms with Crippen molar-refractivity contribution in [2.24, 2.45) is 0 Å². The van der Waals surface area contributed by atoms with E-state index in [1.807, 2.05) is 30.3 Å². The van der Waals surface area contributed by atoms with Crippen molar-refractivity contribution in [1.82, 2.24) is 5.32 Å². The first-order valence-corrected chi connectivity index (χ1v) is 11.6. The number of hydrogen-bond acceptors (Lipinski definition) is 5. The molecule has 0 spiro atoms. The van der Waals surface area contributed by atoms with Crippen molar-refractivity contribution in [3.8, 4) is 11.5 Å². The van der Waals surface area contributed by atoms with Crippen LogP contribution in [0, 0.1) is 0 Å². The zero-order chi connectivity index (χ0) is 22.1. The van der Waals surface area contributed by atoms with Gasteiger partial charge in [-0.15, -0.1) is 0 Å². The van der Waals surface area contributed by atoms with E-state index >= 15 is 0 Å². The van der Waals surface area contributed by atoms with E-state index in [1.54, 1.807) is 12.1 Å². The lowest BCUT2D eigenvalue weighted by Crippen LogP contribution is -2.34. The smallest absolute Gasteiger partial charge is 0.261 e. The van der Waals surface area contributed by atoms with E-state index in [0.717, 1.165) is 42.5 Å². The highest BCUT2D eigenvalue weighted by Crippen LogP contribution is 2.24. The van der Waals surface area contributed by atoms with Crippen LogP contribution in [0.25, 0.3) is 0 Å². The summed E-state index contributed by atoms with van der Waals surface area (Å²) in [6.45, 7) is 3.96. The predicted octanol–water partition coefficient (Wildman–Crippen LogP) is 5.31. The lowest BCUT2D eigenvalue weighted by Gasteiger charge is -2.15. The fourth-order valence-corrected chi connectivity index (χ4v) is 3.66.